The molecular weight excluding hydrogens is 671 g/mol. The van der Waals surface area contributed by atoms with Crippen LogP contribution >= 0.6 is 0 Å². The number of hydrogen-bond acceptors (Lipinski definition) is 4. The Morgan fingerprint density at radius 2 is 0.800 bits per heavy atom. The fourth-order valence-corrected chi connectivity index (χ4v) is 7.86. The lowest BCUT2D eigenvalue weighted by molar-refractivity contribution is 0.672. The number of furan rings is 1. The number of nitrogens with zero attached hydrogens (tertiary/aromatic N) is 3. The van der Waals surface area contributed by atoms with E-state index >= 15 is 0 Å². The molecular formula is C51H31N3O. The van der Waals surface area contributed by atoms with E-state index in [2.05, 4.69) is 170 Å². The highest BCUT2D eigenvalue weighted by Crippen LogP contribution is 2.41. The molecule has 55 heavy (non-hydrogen) atoms. The van der Waals surface area contributed by atoms with Gasteiger partial charge in [-0.15, -0.1) is 0 Å². The van der Waals surface area contributed by atoms with Crippen LogP contribution in [-0.4, -0.2) is 15.0 Å². The number of rotatable bonds is 5. The summed E-state index contributed by atoms with van der Waals surface area (Å²) in [6.07, 6.45) is 0. The van der Waals surface area contributed by atoms with E-state index in [1.54, 1.807) is 0 Å². The Balaban J connectivity index is 1.13. The Morgan fingerprint density at radius 3 is 1.56 bits per heavy atom. The molecule has 0 amide bonds. The first-order chi connectivity index (χ1) is 27.2. The Morgan fingerprint density at radius 1 is 0.291 bits per heavy atom. The van der Waals surface area contributed by atoms with E-state index < -0.39 is 0 Å². The predicted molar refractivity (Wildman–Crippen MR) is 227 cm³/mol. The minimum Gasteiger partial charge on any atom is -0.455 e. The maximum absolute atomic E-state index is 6.59. The van der Waals surface area contributed by atoms with Crippen LogP contribution in [0.1, 0.15) is 0 Å². The van der Waals surface area contributed by atoms with Crippen LogP contribution in [-0.2, 0) is 0 Å². The molecule has 0 aliphatic carbocycles. The molecule has 0 N–H and O–H groups in total. The van der Waals surface area contributed by atoms with Gasteiger partial charge in [0.2, 0.25) is 0 Å². The molecule has 256 valence electrons. The van der Waals surface area contributed by atoms with Gasteiger partial charge in [0.05, 0.1) is 0 Å². The van der Waals surface area contributed by atoms with E-state index in [1.165, 1.54) is 21.7 Å². The molecule has 0 aliphatic rings. The third-order valence-corrected chi connectivity index (χ3v) is 10.7. The molecule has 0 atom stereocenters. The highest BCUT2D eigenvalue weighted by Gasteiger charge is 2.20. The van der Waals surface area contributed by atoms with E-state index in [-0.39, 0.29) is 0 Å². The van der Waals surface area contributed by atoms with Crippen molar-refractivity contribution in [3.63, 3.8) is 0 Å². The molecule has 11 aromatic rings. The summed E-state index contributed by atoms with van der Waals surface area (Å²) < 4.78 is 6.59. The number of para-hydroxylation sites is 1. The summed E-state index contributed by atoms with van der Waals surface area (Å²) in [7, 11) is 0. The topological polar surface area (TPSA) is 51.8 Å². The Bertz CT molecular complexity index is 3260. The summed E-state index contributed by atoms with van der Waals surface area (Å²) in [4.78, 5) is 15.6. The average molecular weight is 702 g/mol. The van der Waals surface area contributed by atoms with Crippen molar-refractivity contribution in [3.05, 3.63) is 188 Å². The quantitative estimate of drug-likeness (QED) is 0.179. The summed E-state index contributed by atoms with van der Waals surface area (Å²) in [5.41, 5.74) is 9.04. The van der Waals surface area contributed by atoms with Gasteiger partial charge in [0.1, 0.15) is 11.2 Å². The van der Waals surface area contributed by atoms with Crippen molar-refractivity contribution in [1.29, 1.82) is 0 Å². The molecule has 0 spiro atoms. The standard InChI is InChI=1S/C51H31N3O/c1-2-10-32(11-3-1)40-26-27-42-44(30-40)48-45(43-16-8-9-17-47(43)55-48)31-46(42)51-53-49(52-50(54-51)41-25-21-34-13-5-7-15-38(34)29-41)36-22-18-35(19-23-36)39-24-20-33-12-4-6-14-37(33)28-39/h1-31H. The third kappa shape index (κ3) is 5.43. The van der Waals surface area contributed by atoms with Crippen molar-refractivity contribution >= 4 is 54.3 Å². The van der Waals surface area contributed by atoms with Gasteiger partial charge in [0, 0.05) is 32.8 Å². The average Bonchev–Trinajstić information content (AvgIpc) is 3.65. The molecule has 4 nitrogen and oxygen atoms in total. The van der Waals surface area contributed by atoms with E-state index in [0.29, 0.717) is 17.5 Å². The Kier molecular flexibility index (Phi) is 7.14. The van der Waals surface area contributed by atoms with Crippen molar-refractivity contribution < 1.29 is 4.42 Å². The van der Waals surface area contributed by atoms with E-state index in [9.17, 15) is 0 Å². The predicted octanol–water partition coefficient (Wildman–Crippen LogP) is 13.6. The Labute approximate surface area is 317 Å². The summed E-state index contributed by atoms with van der Waals surface area (Å²) in [5.74, 6) is 1.84. The van der Waals surface area contributed by atoms with Crippen molar-refractivity contribution in [3.8, 4) is 56.4 Å². The van der Waals surface area contributed by atoms with Crippen LogP contribution in [0.15, 0.2) is 192 Å². The van der Waals surface area contributed by atoms with E-state index in [1.807, 2.05) is 18.2 Å². The second-order valence-electron chi connectivity index (χ2n) is 14.0. The lowest BCUT2D eigenvalue weighted by Gasteiger charge is -2.13. The zero-order valence-electron chi connectivity index (χ0n) is 29.6. The number of aromatic nitrogens is 3. The molecule has 0 unspecified atom stereocenters. The first kappa shape index (κ1) is 31.1. The fraction of sp³-hybridized carbons (Fsp3) is 0. The molecule has 2 aromatic heterocycles. The van der Waals surface area contributed by atoms with E-state index in [4.69, 9.17) is 19.4 Å². The first-order valence-corrected chi connectivity index (χ1v) is 18.5. The molecule has 0 radical (unpaired) electrons. The van der Waals surface area contributed by atoms with Gasteiger partial charge in [-0.05, 0) is 79.5 Å². The highest BCUT2D eigenvalue weighted by atomic mass is 16.3. The van der Waals surface area contributed by atoms with Gasteiger partial charge in [-0.1, -0.05) is 158 Å². The van der Waals surface area contributed by atoms with Gasteiger partial charge in [-0.25, -0.2) is 15.0 Å². The molecule has 0 bridgehead atoms. The smallest absolute Gasteiger partial charge is 0.164 e. The normalized spacial score (nSPS) is 11.6. The van der Waals surface area contributed by atoms with Crippen LogP contribution in [0, 0.1) is 0 Å². The number of benzene rings is 9. The van der Waals surface area contributed by atoms with Crippen molar-refractivity contribution in [2.75, 3.05) is 0 Å². The maximum atomic E-state index is 6.59. The summed E-state index contributed by atoms with van der Waals surface area (Å²) >= 11 is 0. The van der Waals surface area contributed by atoms with Crippen molar-refractivity contribution in [2.45, 2.75) is 0 Å². The molecule has 4 heteroatoms. The summed E-state index contributed by atoms with van der Waals surface area (Å²) in [5, 5.41) is 8.86. The van der Waals surface area contributed by atoms with Crippen LogP contribution in [0.4, 0.5) is 0 Å². The lowest BCUT2D eigenvalue weighted by Crippen LogP contribution is -2.01. The Hall–Kier alpha value is -7.43. The van der Waals surface area contributed by atoms with E-state index in [0.717, 1.165) is 71.5 Å². The van der Waals surface area contributed by atoms with Gasteiger partial charge < -0.3 is 4.42 Å². The minimum atomic E-state index is 0.608. The van der Waals surface area contributed by atoms with Gasteiger partial charge >= 0.3 is 0 Å². The van der Waals surface area contributed by atoms with Crippen LogP contribution in [0.2, 0.25) is 0 Å². The monoisotopic (exact) mass is 701 g/mol. The summed E-state index contributed by atoms with van der Waals surface area (Å²) in [6, 6.07) is 65.9. The van der Waals surface area contributed by atoms with Crippen molar-refractivity contribution in [2.24, 2.45) is 0 Å². The highest BCUT2D eigenvalue weighted by molar-refractivity contribution is 6.19. The minimum absolute atomic E-state index is 0.608. The largest absolute Gasteiger partial charge is 0.455 e. The van der Waals surface area contributed by atoms with Gasteiger partial charge in [0.15, 0.2) is 17.5 Å². The second kappa shape index (κ2) is 12.6. The SMILES string of the molecule is c1ccc(-c2ccc3c(-c4nc(-c5ccc(-c6ccc7ccccc7c6)cc5)nc(-c5ccc6ccccc6c5)n4)cc4c5ccccc5oc4c3c2)cc1. The fourth-order valence-electron chi connectivity index (χ4n) is 7.86. The van der Waals surface area contributed by atoms with Crippen LogP contribution in [0.25, 0.3) is 111 Å². The third-order valence-electron chi connectivity index (χ3n) is 10.7. The van der Waals surface area contributed by atoms with Crippen LogP contribution in [0.3, 0.4) is 0 Å². The molecule has 0 aliphatic heterocycles. The molecule has 0 saturated heterocycles. The van der Waals surface area contributed by atoms with Gasteiger partial charge in [-0.2, -0.15) is 0 Å². The molecule has 0 fully saturated rings. The maximum Gasteiger partial charge on any atom is 0.164 e. The molecule has 0 saturated carbocycles. The van der Waals surface area contributed by atoms with Crippen LogP contribution < -0.4 is 0 Å². The zero-order valence-corrected chi connectivity index (χ0v) is 29.6. The molecule has 2 heterocycles. The zero-order chi connectivity index (χ0) is 36.3. The van der Waals surface area contributed by atoms with Gasteiger partial charge in [0.25, 0.3) is 0 Å². The molecule has 11 rings (SSSR count). The van der Waals surface area contributed by atoms with Crippen molar-refractivity contribution in [1.82, 2.24) is 15.0 Å². The summed E-state index contributed by atoms with van der Waals surface area (Å²) in [6.45, 7) is 0. The second-order valence-corrected chi connectivity index (χ2v) is 14.0. The lowest BCUT2D eigenvalue weighted by atomic mass is 9.95. The van der Waals surface area contributed by atoms with Crippen LogP contribution in [0.5, 0.6) is 0 Å². The molecule has 9 aromatic carbocycles. The number of hydrogen-bond donors (Lipinski definition) is 0. The first-order valence-electron chi connectivity index (χ1n) is 18.5. The number of fused-ring (bicyclic) bond motifs is 7. The van der Waals surface area contributed by atoms with Gasteiger partial charge in [-0.3, -0.25) is 0 Å².